The molecule has 0 amide bonds. The van der Waals surface area contributed by atoms with E-state index in [-0.39, 0.29) is 24.0 Å². The number of aliphatic imine (C=N–C) groups is 1. The molecule has 1 saturated carbocycles. The quantitative estimate of drug-likeness (QED) is 0.466. The smallest absolute Gasteiger partial charge is 0.193 e. The summed E-state index contributed by atoms with van der Waals surface area (Å²) in [5, 5.41) is 3.63. The SMILES string of the molecule is CN=C(NCC1(c2ccccc2)CC1)N1CCC(C)(C)C1.I. The van der Waals surface area contributed by atoms with Gasteiger partial charge in [-0.1, -0.05) is 44.2 Å². The second-order valence-electron chi connectivity index (χ2n) is 7.38. The lowest BCUT2D eigenvalue weighted by Crippen LogP contribution is -2.43. The maximum absolute atomic E-state index is 4.49. The highest BCUT2D eigenvalue weighted by Crippen LogP contribution is 2.47. The molecule has 4 heteroatoms. The highest BCUT2D eigenvalue weighted by atomic mass is 127. The Morgan fingerprint density at radius 1 is 1.18 bits per heavy atom. The van der Waals surface area contributed by atoms with E-state index < -0.39 is 0 Å². The lowest BCUT2D eigenvalue weighted by Gasteiger charge is -2.26. The average molecular weight is 413 g/mol. The van der Waals surface area contributed by atoms with Crippen LogP contribution in [0.3, 0.4) is 0 Å². The highest BCUT2D eigenvalue weighted by molar-refractivity contribution is 14.0. The summed E-state index contributed by atoms with van der Waals surface area (Å²) in [6.07, 6.45) is 3.82. The Labute approximate surface area is 151 Å². The fourth-order valence-corrected chi connectivity index (χ4v) is 3.38. The van der Waals surface area contributed by atoms with Gasteiger partial charge in [-0.05, 0) is 30.2 Å². The lowest BCUT2D eigenvalue weighted by molar-refractivity contribution is 0.369. The first-order chi connectivity index (χ1) is 10.0. The van der Waals surface area contributed by atoms with Crippen LogP contribution in [0.5, 0.6) is 0 Å². The van der Waals surface area contributed by atoms with E-state index in [4.69, 9.17) is 0 Å². The first-order valence-electron chi connectivity index (χ1n) is 8.06. The molecule has 0 atom stereocenters. The Hall–Kier alpha value is -0.780. The Balaban J connectivity index is 0.00000176. The topological polar surface area (TPSA) is 27.6 Å². The van der Waals surface area contributed by atoms with E-state index in [0.29, 0.717) is 10.8 Å². The largest absolute Gasteiger partial charge is 0.355 e. The van der Waals surface area contributed by atoms with E-state index >= 15 is 0 Å². The standard InChI is InChI=1S/C18H27N3.HI/c1-17(2)11-12-21(14-17)16(19-3)20-13-18(9-10-18)15-7-5-4-6-8-15;/h4-8H,9-14H2,1-3H3,(H,19,20);1H. The number of hydrogen-bond acceptors (Lipinski definition) is 1. The first kappa shape index (κ1) is 17.6. The maximum atomic E-state index is 4.49. The van der Waals surface area contributed by atoms with Gasteiger partial charge in [-0.25, -0.2) is 0 Å². The summed E-state index contributed by atoms with van der Waals surface area (Å²) in [5.74, 6) is 1.07. The summed E-state index contributed by atoms with van der Waals surface area (Å²) in [5.41, 5.74) is 2.22. The summed E-state index contributed by atoms with van der Waals surface area (Å²) in [6, 6.07) is 10.9. The van der Waals surface area contributed by atoms with Crippen molar-refractivity contribution in [3.8, 4) is 0 Å². The van der Waals surface area contributed by atoms with Crippen LogP contribution in [-0.2, 0) is 5.41 Å². The number of hydrogen-bond donors (Lipinski definition) is 1. The molecule has 0 spiro atoms. The molecule has 1 aromatic rings. The van der Waals surface area contributed by atoms with Gasteiger partial charge in [0.25, 0.3) is 0 Å². The molecule has 3 rings (SSSR count). The zero-order chi connectivity index (χ0) is 14.9. The maximum Gasteiger partial charge on any atom is 0.193 e. The molecule has 0 bridgehead atoms. The minimum absolute atomic E-state index is 0. The second-order valence-corrected chi connectivity index (χ2v) is 7.38. The molecule has 1 aliphatic carbocycles. The van der Waals surface area contributed by atoms with Crippen molar-refractivity contribution in [2.45, 2.75) is 38.5 Å². The second kappa shape index (κ2) is 6.77. The molecule has 122 valence electrons. The number of halogens is 1. The molecule has 1 aromatic carbocycles. The van der Waals surface area contributed by atoms with Crippen LogP contribution in [-0.4, -0.2) is 37.5 Å². The molecule has 2 fully saturated rings. The molecule has 1 heterocycles. The van der Waals surface area contributed by atoms with Gasteiger partial charge in [-0.15, -0.1) is 24.0 Å². The molecule has 0 unspecified atom stereocenters. The zero-order valence-corrected chi connectivity index (χ0v) is 16.3. The van der Waals surface area contributed by atoms with Crippen molar-refractivity contribution in [3.05, 3.63) is 35.9 Å². The van der Waals surface area contributed by atoms with Gasteiger partial charge < -0.3 is 10.2 Å². The number of nitrogens with one attached hydrogen (secondary N) is 1. The third kappa shape index (κ3) is 3.76. The Bertz CT molecular complexity index is 520. The third-order valence-corrected chi connectivity index (χ3v) is 5.01. The van der Waals surface area contributed by atoms with Crippen LogP contribution in [0.25, 0.3) is 0 Å². The summed E-state index contributed by atoms with van der Waals surface area (Å²) in [6.45, 7) is 7.90. The van der Waals surface area contributed by atoms with E-state index in [1.165, 1.54) is 24.8 Å². The van der Waals surface area contributed by atoms with Crippen LogP contribution in [0.1, 0.15) is 38.7 Å². The van der Waals surface area contributed by atoms with Gasteiger partial charge in [-0.3, -0.25) is 4.99 Å². The third-order valence-electron chi connectivity index (χ3n) is 5.01. The highest BCUT2D eigenvalue weighted by Gasteiger charge is 2.44. The Morgan fingerprint density at radius 2 is 1.86 bits per heavy atom. The number of likely N-dealkylation sites (tertiary alicyclic amines) is 1. The van der Waals surface area contributed by atoms with Gasteiger partial charge in [0.05, 0.1) is 0 Å². The zero-order valence-electron chi connectivity index (χ0n) is 13.9. The number of rotatable bonds is 3. The Morgan fingerprint density at radius 3 is 2.36 bits per heavy atom. The van der Waals surface area contributed by atoms with Crippen LogP contribution in [0.2, 0.25) is 0 Å². The lowest BCUT2D eigenvalue weighted by atomic mass is 9.93. The fraction of sp³-hybridized carbons (Fsp3) is 0.611. The number of benzene rings is 1. The molecule has 1 aliphatic heterocycles. The van der Waals surface area contributed by atoms with Crippen LogP contribution < -0.4 is 5.32 Å². The molecule has 0 aromatic heterocycles. The minimum atomic E-state index is 0. The summed E-state index contributed by atoms with van der Waals surface area (Å²) in [7, 11) is 1.90. The van der Waals surface area contributed by atoms with Gasteiger partial charge in [0.15, 0.2) is 5.96 Å². The van der Waals surface area contributed by atoms with Crippen LogP contribution in [0.4, 0.5) is 0 Å². The van der Waals surface area contributed by atoms with Gasteiger partial charge in [0, 0.05) is 32.1 Å². The molecule has 1 saturated heterocycles. The monoisotopic (exact) mass is 413 g/mol. The summed E-state index contributed by atoms with van der Waals surface area (Å²) < 4.78 is 0. The van der Waals surface area contributed by atoms with Gasteiger partial charge in [0.1, 0.15) is 0 Å². The molecular formula is C18H28IN3. The van der Waals surface area contributed by atoms with Crippen molar-refractivity contribution in [3.63, 3.8) is 0 Å². The predicted octanol–water partition coefficient (Wildman–Crippen LogP) is 3.64. The number of nitrogens with zero attached hydrogens (tertiary/aromatic N) is 2. The van der Waals surface area contributed by atoms with Crippen molar-refractivity contribution < 1.29 is 0 Å². The molecule has 3 nitrogen and oxygen atoms in total. The van der Waals surface area contributed by atoms with E-state index in [1.54, 1.807) is 0 Å². The Kier molecular flexibility index (Phi) is 5.41. The van der Waals surface area contributed by atoms with Crippen molar-refractivity contribution in [2.75, 3.05) is 26.7 Å². The molecular weight excluding hydrogens is 385 g/mol. The van der Waals surface area contributed by atoms with E-state index in [1.807, 2.05) is 7.05 Å². The van der Waals surface area contributed by atoms with Crippen LogP contribution in [0.15, 0.2) is 35.3 Å². The molecule has 0 radical (unpaired) electrons. The predicted molar refractivity (Wildman–Crippen MR) is 104 cm³/mol. The van der Waals surface area contributed by atoms with E-state index in [2.05, 4.69) is 59.4 Å². The van der Waals surface area contributed by atoms with E-state index in [0.717, 1.165) is 25.6 Å². The average Bonchev–Trinajstić information content (AvgIpc) is 3.19. The van der Waals surface area contributed by atoms with Gasteiger partial charge in [0.2, 0.25) is 0 Å². The fourth-order valence-electron chi connectivity index (χ4n) is 3.38. The van der Waals surface area contributed by atoms with Gasteiger partial charge in [-0.2, -0.15) is 0 Å². The normalized spacial score (nSPS) is 22.1. The summed E-state index contributed by atoms with van der Waals surface area (Å²) >= 11 is 0. The van der Waals surface area contributed by atoms with Crippen LogP contribution in [0, 0.1) is 5.41 Å². The van der Waals surface area contributed by atoms with Crippen molar-refractivity contribution >= 4 is 29.9 Å². The van der Waals surface area contributed by atoms with E-state index in [9.17, 15) is 0 Å². The van der Waals surface area contributed by atoms with Crippen molar-refractivity contribution in [1.29, 1.82) is 0 Å². The van der Waals surface area contributed by atoms with Gasteiger partial charge >= 0.3 is 0 Å². The molecule has 2 aliphatic rings. The van der Waals surface area contributed by atoms with Crippen LogP contribution >= 0.6 is 24.0 Å². The number of guanidine groups is 1. The summed E-state index contributed by atoms with van der Waals surface area (Å²) in [4.78, 5) is 6.90. The molecule has 1 N–H and O–H groups in total. The minimum Gasteiger partial charge on any atom is -0.355 e. The molecule has 22 heavy (non-hydrogen) atoms. The van der Waals surface area contributed by atoms with Crippen molar-refractivity contribution in [1.82, 2.24) is 10.2 Å². The first-order valence-corrected chi connectivity index (χ1v) is 8.06. The van der Waals surface area contributed by atoms with Crippen molar-refractivity contribution in [2.24, 2.45) is 10.4 Å².